The molecule has 2 aliphatic rings. The molecule has 1 unspecified atom stereocenters. The number of hydrogen-bond donors (Lipinski definition) is 1. The lowest BCUT2D eigenvalue weighted by Gasteiger charge is -2.22. The monoisotopic (exact) mass is 227 g/mol. The van der Waals surface area contributed by atoms with Gasteiger partial charge in [0.1, 0.15) is 0 Å². The SMILES string of the molecule is CC(C(=O)NCCC1(C)OCCO1)C1CC1. The molecule has 4 nitrogen and oxygen atoms in total. The summed E-state index contributed by atoms with van der Waals surface area (Å²) in [6.07, 6.45) is 3.13. The third-order valence-corrected chi connectivity index (χ3v) is 3.52. The van der Waals surface area contributed by atoms with Gasteiger partial charge in [-0.05, 0) is 25.7 Å². The minimum Gasteiger partial charge on any atom is -0.356 e. The van der Waals surface area contributed by atoms with Crippen LogP contribution < -0.4 is 5.32 Å². The number of amides is 1. The third kappa shape index (κ3) is 2.95. The zero-order valence-electron chi connectivity index (χ0n) is 10.1. The van der Waals surface area contributed by atoms with Gasteiger partial charge in [-0.25, -0.2) is 0 Å². The number of ether oxygens (including phenoxy) is 2. The van der Waals surface area contributed by atoms with Crippen LogP contribution in [-0.4, -0.2) is 31.5 Å². The van der Waals surface area contributed by atoms with Gasteiger partial charge in [-0.3, -0.25) is 4.79 Å². The molecule has 4 heteroatoms. The Morgan fingerprint density at radius 3 is 2.62 bits per heavy atom. The average molecular weight is 227 g/mol. The van der Waals surface area contributed by atoms with Crippen LogP contribution in [0, 0.1) is 11.8 Å². The first-order valence-corrected chi connectivity index (χ1v) is 6.16. The van der Waals surface area contributed by atoms with E-state index >= 15 is 0 Å². The fourth-order valence-corrected chi connectivity index (χ4v) is 2.09. The maximum Gasteiger partial charge on any atom is 0.223 e. The summed E-state index contributed by atoms with van der Waals surface area (Å²) < 4.78 is 10.9. The normalized spacial score (nSPS) is 25.4. The first-order valence-electron chi connectivity index (χ1n) is 6.16. The molecular weight excluding hydrogens is 206 g/mol. The lowest BCUT2D eigenvalue weighted by atomic mass is 10.1. The summed E-state index contributed by atoms with van der Waals surface area (Å²) in [4.78, 5) is 11.7. The third-order valence-electron chi connectivity index (χ3n) is 3.52. The Hall–Kier alpha value is -0.610. The van der Waals surface area contributed by atoms with Crippen molar-refractivity contribution >= 4 is 5.91 Å². The summed E-state index contributed by atoms with van der Waals surface area (Å²) in [7, 11) is 0. The molecule has 1 saturated carbocycles. The largest absolute Gasteiger partial charge is 0.356 e. The molecule has 1 amide bonds. The van der Waals surface area contributed by atoms with E-state index in [-0.39, 0.29) is 11.8 Å². The van der Waals surface area contributed by atoms with E-state index in [0.29, 0.717) is 25.7 Å². The predicted molar refractivity (Wildman–Crippen MR) is 59.8 cm³/mol. The van der Waals surface area contributed by atoms with Gasteiger partial charge >= 0.3 is 0 Å². The van der Waals surface area contributed by atoms with E-state index in [9.17, 15) is 4.79 Å². The molecule has 16 heavy (non-hydrogen) atoms. The summed E-state index contributed by atoms with van der Waals surface area (Å²) in [6.45, 7) is 5.88. The van der Waals surface area contributed by atoms with E-state index in [2.05, 4.69) is 5.32 Å². The molecule has 0 radical (unpaired) electrons. The van der Waals surface area contributed by atoms with E-state index in [1.807, 2.05) is 13.8 Å². The van der Waals surface area contributed by atoms with Crippen molar-refractivity contribution in [2.24, 2.45) is 11.8 Å². The lowest BCUT2D eigenvalue weighted by molar-refractivity contribution is -0.146. The van der Waals surface area contributed by atoms with Crippen LogP contribution in [-0.2, 0) is 14.3 Å². The van der Waals surface area contributed by atoms with Crippen LogP contribution in [0.2, 0.25) is 0 Å². The summed E-state index contributed by atoms with van der Waals surface area (Å²) >= 11 is 0. The van der Waals surface area contributed by atoms with Gasteiger partial charge in [0.05, 0.1) is 13.2 Å². The minimum absolute atomic E-state index is 0.165. The van der Waals surface area contributed by atoms with Crippen molar-refractivity contribution < 1.29 is 14.3 Å². The van der Waals surface area contributed by atoms with Crippen LogP contribution in [0.15, 0.2) is 0 Å². The van der Waals surface area contributed by atoms with Gasteiger partial charge in [-0.2, -0.15) is 0 Å². The van der Waals surface area contributed by atoms with Crippen LogP contribution in [0.25, 0.3) is 0 Å². The summed E-state index contributed by atoms with van der Waals surface area (Å²) in [5.74, 6) is 0.465. The van der Waals surface area contributed by atoms with Gasteiger partial charge in [-0.1, -0.05) is 6.92 Å². The van der Waals surface area contributed by atoms with Crippen LogP contribution >= 0.6 is 0 Å². The van der Waals surface area contributed by atoms with Crippen molar-refractivity contribution in [1.82, 2.24) is 5.32 Å². The number of carbonyl (C=O) groups excluding carboxylic acids is 1. The predicted octanol–water partition coefficient (Wildman–Crippen LogP) is 1.30. The Balaban J connectivity index is 1.65. The molecule has 0 aromatic carbocycles. The number of carbonyl (C=O) groups is 1. The van der Waals surface area contributed by atoms with Crippen LogP contribution in [0.5, 0.6) is 0 Å². The van der Waals surface area contributed by atoms with E-state index in [1.54, 1.807) is 0 Å². The van der Waals surface area contributed by atoms with Crippen molar-refractivity contribution in [3.8, 4) is 0 Å². The molecule has 1 N–H and O–H groups in total. The van der Waals surface area contributed by atoms with Crippen LogP contribution in [0.1, 0.15) is 33.1 Å². The van der Waals surface area contributed by atoms with Crippen molar-refractivity contribution in [2.75, 3.05) is 19.8 Å². The molecule has 0 aromatic rings. The highest BCUT2D eigenvalue weighted by Crippen LogP contribution is 2.36. The zero-order chi connectivity index (χ0) is 11.6. The topological polar surface area (TPSA) is 47.6 Å². The average Bonchev–Trinajstić information content (AvgIpc) is 3.01. The second-order valence-corrected chi connectivity index (χ2v) is 5.00. The Kier molecular flexibility index (Phi) is 3.50. The molecule has 92 valence electrons. The van der Waals surface area contributed by atoms with Gasteiger partial charge in [0.2, 0.25) is 5.91 Å². The van der Waals surface area contributed by atoms with Crippen molar-refractivity contribution in [2.45, 2.75) is 38.9 Å². The maximum atomic E-state index is 11.7. The van der Waals surface area contributed by atoms with E-state index in [1.165, 1.54) is 12.8 Å². The van der Waals surface area contributed by atoms with Crippen LogP contribution in [0.3, 0.4) is 0 Å². The molecule has 2 fully saturated rings. The van der Waals surface area contributed by atoms with E-state index < -0.39 is 5.79 Å². The Morgan fingerprint density at radius 2 is 2.06 bits per heavy atom. The second kappa shape index (κ2) is 4.72. The highest BCUT2D eigenvalue weighted by atomic mass is 16.7. The summed E-state index contributed by atoms with van der Waals surface area (Å²) in [5, 5.41) is 2.96. The minimum atomic E-state index is -0.490. The Labute approximate surface area is 96.7 Å². The molecule has 0 spiro atoms. The summed E-state index contributed by atoms with van der Waals surface area (Å²) in [6, 6.07) is 0. The molecule has 1 atom stereocenters. The Morgan fingerprint density at radius 1 is 1.44 bits per heavy atom. The highest BCUT2D eigenvalue weighted by Gasteiger charge is 2.33. The lowest BCUT2D eigenvalue weighted by Crippen LogP contribution is -2.36. The van der Waals surface area contributed by atoms with E-state index in [0.717, 1.165) is 6.42 Å². The smallest absolute Gasteiger partial charge is 0.223 e. The number of hydrogen-bond acceptors (Lipinski definition) is 3. The maximum absolute atomic E-state index is 11.7. The molecular formula is C12H21NO3. The van der Waals surface area contributed by atoms with Gasteiger partial charge in [0.15, 0.2) is 5.79 Å². The quantitative estimate of drug-likeness (QED) is 0.770. The van der Waals surface area contributed by atoms with Gasteiger partial charge < -0.3 is 14.8 Å². The zero-order valence-corrected chi connectivity index (χ0v) is 10.1. The fraction of sp³-hybridized carbons (Fsp3) is 0.917. The van der Waals surface area contributed by atoms with Crippen molar-refractivity contribution in [1.29, 1.82) is 0 Å². The fourth-order valence-electron chi connectivity index (χ4n) is 2.09. The van der Waals surface area contributed by atoms with E-state index in [4.69, 9.17) is 9.47 Å². The Bertz CT molecular complexity index is 257. The first kappa shape index (κ1) is 11.9. The highest BCUT2D eigenvalue weighted by molar-refractivity contribution is 5.78. The number of nitrogens with one attached hydrogen (secondary N) is 1. The summed E-state index contributed by atoms with van der Waals surface area (Å²) in [5.41, 5.74) is 0. The molecule has 1 aliphatic carbocycles. The number of rotatable bonds is 5. The first-order chi connectivity index (χ1) is 7.61. The molecule has 1 aliphatic heterocycles. The molecule has 2 rings (SSSR count). The molecule has 1 heterocycles. The van der Waals surface area contributed by atoms with Gasteiger partial charge in [0.25, 0.3) is 0 Å². The van der Waals surface area contributed by atoms with Gasteiger partial charge in [-0.15, -0.1) is 0 Å². The van der Waals surface area contributed by atoms with Crippen LogP contribution in [0.4, 0.5) is 0 Å². The van der Waals surface area contributed by atoms with Gasteiger partial charge in [0, 0.05) is 18.9 Å². The standard InChI is InChI=1S/C12H21NO3/c1-9(10-3-4-10)11(14)13-6-5-12(2)15-7-8-16-12/h9-10H,3-8H2,1-2H3,(H,13,14). The second-order valence-electron chi connectivity index (χ2n) is 5.00. The molecule has 1 saturated heterocycles. The molecule has 0 bridgehead atoms. The van der Waals surface area contributed by atoms with Crippen molar-refractivity contribution in [3.05, 3.63) is 0 Å². The molecule has 0 aromatic heterocycles. The van der Waals surface area contributed by atoms with Crippen molar-refractivity contribution in [3.63, 3.8) is 0 Å².